The molecule has 16 aromatic rings. The molecule has 0 aliphatic heterocycles. The van der Waals surface area contributed by atoms with Gasteiger partial charge in [-0.05, 0) is 162 Å². The Labute approximate surface area is 764 Å². The first kappa shape index (κ1) is 93.8. The van der Waals surface area contributed by atoms with Crippen molar-refractivity contribution in [1.82, 2.24) is 80.7 Å². The molecule has 34 heteroatoms. The molecule has 16 rings (SSSR count). The molecule has 0 aliphatic carbocycles. The first-order chi connectivity index (χ1) is 63.7. The Hall–Kier alpha value is -15.8. The van der Waals surface area contributed by atoms with Gasteiger partial charge in [-0.1, -0.05) is 132 Å². The van der Waals surface area contributed by atoms with E-state index in [1.54, 1.807) is 198 Å². The number of aliphatic hydroxyl groups excluding tert-OH is 4. The van der Waals surface area contributed by atoms with Crippen LogP contribution >= 0.6 is 23.2 Å². The number of nitrogens with two attached hydrogens (primary N) is 4. The fourth-order valence-corrected chi connectivity index (χ4v) is 14.3. The summed E-state index contributed by atoms with van der Waals surface area (Å²) < 4.78 is 63.2. The average molecular weight is 1820 g/mol. The van der Waals surface area contributed by atoms with Gasteiger partial charge in [0.1, 0.15) is 57.9 Å². The van der Waals surface area contributed by atoms with Crippen molar-refractivity contribution in [1.29, 1.82) is 0 Å². The maximum Gasteiger partial charge on any atom is 0.254 e. The highest BCUT2D eigenvalue weighted by atomic mass is 35.5. The van der Waals surface area contributed by atoms with E-state index in [0.29, 0.717) is 83.0 Å². The second kappa shape index (κ2) is 43.3. The minimum atomic E-state index is -0.736. The summed E-state index contributed by atoms with van der Waals surface area (Å²) in [7, 11) is 3.65. The summed E-state index contributed by atoms with van der Waals surface area (Å²) in [5.74, 6) is -4.76. The molecule has 0 aliphatic rings. The molecule has 0 unspecified atom stereocenters. The summed E-state index contributed by atoms with van der Waals surface area (Å²) in [4.78, 5) is 84.8. The summed E-state index contributed by atoms with van der Waals surface area (Å²) >= 11 is 12.0. The average Bonchev–Trinajstić information content (AvgIpc) is 1.75. The van der Waals surface area contributed by atoms with Crippen molar-refractivity contribution >= 4 is 70.1 Å². The van der Waals surface area contributed by atoms with E-state index in [-0.39, 0.29) is 72.0 Å². The number of anilines is 4. The van der Waals surface area contributed by atoms with E-state index in [0.717, 1.165) is 50.2 Å². The van der Waals surface area contributed by atoms with E-state index >= 15 is 4.39 Å². The topological polar surface area (TPSA) is 440 Å². The second-order valence-electron chi connectivity index (χ2n) is 29.9. The second-order valence-corrected chi connectivity index (χ2v) is 30.8. The number of pyridine rings is 4. The highest BCUT2D eigenvalue weighted by Gasteiger charge is 2.26. The first-order valence-electron chi connectivity index (χ1n) is 40.7. The molecule has 0 fully saturated rings. The van der Waals surface area contributed by atoms with Crippen LogP contribution in [0.5, 0.6) is 0 Å². The van der Waals surface area contributed by atoms with Crippen LogP contribution in [0.1, 0.15) is 99.1 Å². The number of aromatic nitrogens is 12. The zero-order valence-corrected chi connectivity index (χ0v) is 72.6. The van der Waals surface area contributed by atoms with Gasteiger partial charge >= 0.3 is 0 Å². The molecule has 28 nitrogen and oxygen atoms in total. The number of halogens is 6. The van der Waals surface area contributed by atoms with E-state index in [1.807, 2.05) is 64.5 Å². The minimum absolute atomic E-state index is 0.142. The Bertz CT molecular complexity index is 6850. The van der Waals surface area contributed by atoms with Crippen molar-refractivity contribution in [2.45, 2.75) is 38.0 Å². The number of nitrogen functional groups attached to an aromatic ring is 4. The van der Waals surface area contributed by atoms with Gasteiger partial charge in [0.15, 0.2) is 0 Å². The summed E-state index contributed by atoms with van der Waals surface area (Å²) in [5, 5.41) is 58.9. The van der Waals surface area contributed by atoms with Gasteiger partial charge in [-0.25, -0.2) is 47.5 Å². The highest BCUT2D eigenvalue weighted by Crippen LogP contribution is 2.36. The molecule has 4 amide bonds. The summed E-state index contributed by atoms with van der Waals surface area (Å²) in [5.41, 5.74) is 37.3. The molecular formula is C98H86Cl2F4N20O8. The molecule has 8 aromatic heterocycles. The van der Waals surface area contributed by atoms with Gasteiger partial charge in [0.2, 0.25) is 0 Å². The summed E-state index contributed by atoms with van der Waals surface area (Å²) in [6.07, 6.45) is 16.5. The van der Waals surface area contributed by atoms with Gasteiger partial charge in [0, 0.05) is 123 Å². The molecule has 0 saturated carbocycles. The maximum atomic E-state index is 15.0. The van der Waals surface area contributed by atoms with Gasteiger partial charge in [-0.3, -0.25) is 38.5 Å². The molecule has 4 atom stereocenters. The number of carbonyl (C=O) groups excluding carboxylic acids is 4. The van der Waals surface area contributed by atoms with Crippen LogP contribution in [0.3, 0.4) is 0 Å². The molecule has 8 heterocycles. The Morgan fingerprint density at radius 2 is 0.765 bits per heavy atom. The Kier molecular flexibility index (Phi) is 30.8. The van der Waals surface area contributed by atoms with Crippen LogP contribution in [-0.2, 0) is 14.1 Å². The molecule has 0 spiro atoms. The lowest BCUT2D eigenvalue weighted by Gasteiger charge is -2.17. The third kappa shape index (κ3) is 22.8. The Morgan fingerprint density at radius 3 is 1.17 bits per heavy atom. The third-order valence-corrected chi connectivity index (χ3v) is 21.6. The number of nitrogens with one attached hydrogen (secondary N) is 4. The molecule has 16 N–H and O–H groups in total. The summed E-state index contributed by atoms with van der Waals surface area (Å²) in [6.45, 7) is 2.48. The fraction of sp³-hybridized carbons (Fsp3) is 0.122. The monoisotopic (exact) mass is 1820 g/mol. The number of carbonyl (C=O) groups is 4. The predicted octanol–water partition coefficient (Wildman–Crippen LogP) is 15.4. The van der Waals surface area contributed by atoms with Crippen LogP contribution < -0.4 is 44.2 Å². The number of aliphatic hydroxyl groups is 4. The summed E-state index contributed by atoms with van der Waals surface area (Å²) in [6, 6.07) is 56.2. The van der Waals surface area contributed by atoms with Crippen molar-refractivity contribution in [3.8, 4) is 89.7 Å². The van der Waals surface area contributed by atoms with Gasteiger partial charge in [0.25, 0.3) is 23.6 Å². The number of rotatable bonds is 24. The zero-order chi connectivity index (χ0) is 93.8. The van der Waals surface area contributed by atoms with Gasteiger partial charge in [-0.15, -0.1) is 0 Å². The predicted molar refractivity (Wildman–Crippen MR) is 497 cm³/mol. The van der Waals surface area contributed by atoms with E-state index in [2.05, 4.69) is 71.3 Å². The van der Waals surface area contributed by atoms with E-state index in [9.17, 15) is 52.8 Å². The number of benzene rings is 8. The minimum Gasteiger partial charge on any atom is -0.394 e. The smallest absolute Gasteiger partial charge is 0.254 e. The van der Waals surface area contributed by atoms with Gasteiger partial charge in [-0.2, -0.15) is 10.2 Å². The molecule has 668 valence electrons. The SMILES string of the molecule is Cc1c(-c2cnc(N)c(-c3ccc(C(=O)N[C@H](CO)c4cccc(Cl)c4)c(F)c3)c2)cnn1C.Cc1cnccc1-c1cnc(N)c(-c2ccc(C(=O)N[C@H](CO)c3ccccc3)c(F)c2)n1.Cn1ccc(-c2cnc(N)c(-c3ccc(C(=O)N[C@H](CO)c4cccc(Cl)c4)c(F)c3)c2)n1.Nc1ncc(-c2ccncc2)nc1-c1ccc(C(=O)N[C@H](CO)c2ccccc2)c(F)c1. The number of aryl methyl sites for hydroxylation is 3. The maximum absolute atomic E-state index is 15.0. The van der Waals surface area contributed by atoms with E-state index < -0.39 is 71.1 Å². The van der Waals surface area contributed by atoms with Crippen molar-refractivity contribution in [3.05, 3.63) is 369 Å². The third-order valence-electron chi connectivity index (χ3n) is 21.1. The van der Waals surface area contributed by atoms with Crippen LogP contribution in [0, 0.1) is 37.1 Å². The first-order valence-corrected chi connectivity index (χ1v) is 41.5. The van der Waals surface area contributed by atoms with Crippen LogP contribution in [0.2, 0.25) is 10.0 Å². The normalized spacial score (nSPS) is 11.8. The lowest BCUT2D eigenvalue weighted by molar-refractivity contribution is 0.0904. The number of hydrogen-bond donors (Lipinski definition) is 12. The van der Waals surface area contributed by atoms with Crippen LogP contribution in [0.4, 0.5) is 40.8 Å². The Morgan fingerprint density at radius 1 is 0.371 bits per heavy atom. The number of nitrogens with zero attached hydrogens (tertiary/aromatic N) is 12. The molecule has 8 aromatic carbocycles. The van der Waals surface area contributed by atoms with Crippen molar-refractivity contribution in [2.75, 3.05) is 49.4 Å². The number of hydrogen-bond acceptors (Lipinski definition) is 22. The van der Waals surface area contributed by atoms with E-state index in [4.69, 9.17) is 46.1 Å². The lowest BCUT2D eigenvalue weighted by Crippen LogP contribution is -2.31. The zero-order valence-electron chi connectivity index (χ0n) is 71.1. The lowest BCUT2D eigenvalue weighted by atomic mass is 9.99. The van der Waals surface area contributed by atoms with Crippen molar-refractivity contribution < 1.29 is 57.2 Å². The largest absolute Gasteiger partial charge is 0.394 e. The Balaban J connectivity index is 0.000000150. The van der Waals surface area contributed by atoms with Crippen LogP contribution in [0.25, 0.3) is 89.7 Å². The molecule has 0 bridgehead atoms. The number of amides is 4. The van der Waals surface area contributed by atoms with Gasteiger partial charge < -0.3 is 64.6 Å². The van der Waals surface area contributed by atoms with Crippen LogP contribution in [0.15, 0.2) is 280 Å². The van der Waals surface area contributed by atoms with Crippen LogP contribution in [-0.4, -0.2) is 130 Å². The van der Waals surface area contributed by atoms with E-state index in [1.165, 1.54) is 54.7 Å². The molecule has 132 heavy (non-hydrogen) atoms. The standard InChI is InChI=1S/C25H23ClFN5O2.C25H22FN5O2.C24H21ClFN5O2.C24H20FN5O2/c1-14-21(12-30-32(14)2)17-9-20(24(28)29-11-17)15-6-7-19(22(27)10-15)25(34)31-23(13-33)16-4-3-5-18(26)8-16;1-15-12-28-10-9-18(15)21-13-29-24(27)23(30-21)17-7-8-19(20(26)11-17)25(33)31-22(14-32)16-5-3-2-4-6-16;1-31-8-7-21(30-31)16-10-19(23(27)28-12-16)14-5-6-18(20(26)11-14)24(33)29-22(13-32)15-3-2-4-17(25)9-15;25-19-12-17(22-23(26)28-13-20(29-22)16-8-10-27-11-9-16)6-7-18(19)24(32)30-21(14-31)15-4-2-1-3-5-15/h3-12,23,33H,13H2,1-2H3,(H2,28,29)(H,31,34);2-13,22,32H,14H2,1H3,(H2,27,29)(H,31,33);2-12,22,32H,13H2,1H3,(H2,27,28)(H,29,33);1-13,21,31H,14H2,(H2,26,28)(H,30,32)/t23-;2*22-;21-/m1111/s1. The highest BCUT2D eigenvalue weighted by molar-refractivity contribution is 6.31. The quantitative estimate of drug-likeness (QED) is 0.0250. The molecule has 0 saturated heterocycles. The molecular weight excluding hydrogens is 1730 g/mol. The molecule has 0 radical (unpaired) electrons. The fourth-order valence-electron chi connectivity index (χ4n) is 14.0. The van der Waals surface area contributed by atoms with Crippen molar-refractivity contribution in [3.63, 3.8) is 0 Å². The van der Waals surface area contributed by atoms with Crippen molar-refractivity contribution in [2.24, 2.45) is 14.1 Å². The van der Waals surface area contributed by atoms with Gasteiger partial charge in [0.05, 0.1) is 109 Å².